The number of benzene rings is 1. The number of H-pyrrole nitrogens is 1. The highest BCUT2D eigenvalue weighted by Crippen LogP contribution is 2.19. The Labute approximate surface area is 236 Å². The molecule has 4 atom stereocenters. The van der Waals surface area contributed by atoms with Gasteiger partial charge in [-0.1, -0.05) is 32.0 Å². The lowest BCUT2D eigenvalue weighted by atomic mass is 10.0. The van der Waals surface area contributed by atoms with Gasteiger partial charge in [0.25, 0.3) is 0 Å². The molecule has 15 nitrogen and oxygen atoms in total. The lowest BCUT2D eigenvalue weighted by Crippen LogP contribution is -2.58. The van der Waals surface area contributed by atoms with Crippen LogP contribution in [0.1, 0.15) is 38.7 Å². The van der Waals surface area contributed by atoms with E-state index < -0.39 is 66.2 Å². The highest BCUT2D eigenvalue weighted by atomic mass is 16.4. The van der Waals surface area contributed by atoms with Crippen molar-refractivity contribution in [2.24, 2.45) is 28.1 Å². The van der Waals surface area contributed by atoms with Gasteiger partial charge >= 0.3 is 11.9 Å². The van der Waals surface area contributed by atoms with Crippen LogP contribution >= 0.6 is 0 Å². The Morgan fingerprint density at radius 2 is 1.59 bits per heavy atom. The largest absolute Gasteiger partial charge is 0.481 e. The SMILES string of the molecule is CC(C)C(NC(=O)C(CCCN=C(N)N)NC(=O)C(CC(=O)O)NC(=O)C(N)Cc1c[nH]c2ccccc12)C(=O)O. The topological polar surface area (TPSA) is 268 Å². The van der Waals surface area contributed by atoms with Crippen molar-refractivity contribution in [1.29, 1.82) is 0 Å². The normalized spacial score (nSPS) is 14.0. The summed E-state index contributed by atoms with van der Waals surface area (Å²) in [6.45, 7) is 3.32. The number of carbonyl (C=O) groups is 5. The standard InChI is InChI=1S/C26H38N8O7/c1-13(2)21(25(40)41)34-23(38)18(8-5-9-30-26(28)29)32-24(39)19(11-20(35)36)33-22(37)16(27)10-14-12-31-17-7-4-3-6-15(14)17/h3-4,6-7,12-13,16,18-19,21,31H,5,8-11,27H2,1-2H3,(H,32,39)(H,33,37)(H,34,38)(H,35,36)(H,40,41)(H4,28,29,30). The molecule has 0 fully saturated rings. The zero-order valence-electron chi connectivity index (χ0n) is 22.9. The zero-order valence-corrected chi connectivity index (χ0v) is 22.9. The van der Waals surface area contributed by atoms with Crippen molar-refractivity contribution >= 4 is 46.5 Å². The van der Waals surface area contributed by atoms with Crippen molar-refractivity contribution < 1.29 is 34.2 Å². The van der Waals surface area contributed by atoms with Crippen LogP contribution in [0.25, 0.3) is 10.9 Å². The molecule has 224 valence electrons. The first-order valence-electron chi connectivity index (χ1n) is 13.0. The molecule has 1 aromatic heterocycles. The van der Waals surface area contributed by atoms with Gasteiger partial charge in [0.05, 0.1) is 12.5 Å². The summed E-state index contributed by atoms with van der Waals surface area (Å²) in [5.41, 5.74) is 18.3. The number of carboxylic acid groups (broad SMARTS) is 2. The molecule has 0 bridgehead atoms. The fourth-order valence-corrected chi connectivity index (χ4v) is 4.10. The number of aliphatic carboxylic acids is 2. The molecule has 2 aromatic rings. The maximum absolute atomic E-state index is 13.1. The first kappa shape index (κ1) is 32.6. The van der Waals surface area contributed by atoms with Gasteiger partial charge in [0.2, 0.25) is 17.7 Å². The molecule has 0 saturated carbocycles. The van der Waals surface area contributed by atoms with Crippen molar-refractivity contribution in [2.75, 3.05) is 6.54 Å². The minimum atomic E-state index is -1.57. The third-order valence-corrected chi connectivity index (χ3v) is 6.27. The van der Waals surface area contributed by atoms with Crippen LogP contribution < -0.4 is 33.2 Å². The lowest BCUT2D eigenvalue weighted by Gasteiger charge is -2.25. The molecule has 0 aliphatic rings. The lowest BCUT2D eigenvalue weighted by molar-refractivity contribution is -0.144. The first-order valence-corrected chi connectivity index (χ1v) is 13.0. The molecule has 0 aliphatic carbocycles. The maximum Gasteiger partial charge on any atom is 0.326 e. The van der Waals surface area contributed by atoms with E-state index in [1.54, 1.807) is 20.0 Å². The zero-order chi connectivity index (χ0) is 30.7. The molecule has 2 rings (SSSR count). The maximum atomic E-state index is 13.1. The number of nitrogens with one attached hydrogen (secondary N) is 4. The van der Waals surface area contributed by atoms with E-state index >= 15 is 0 Å². The molecule has 0 aliphatic heterocycles. The van der Waals surface area contributed by atoms with Crippen LogP contribution in [-0.2, 0) is 30.4 Å². The highest BCUT2D eigenvalue weighted by molar-refractivity contribution is 5.96. The molecule has 15 heteroatoms. The summed E-state index contributed by atoms with van der Waals surface area (Å²) in [4.78, 5) is 69.0. The average Bonchev–Trinajstić information content (AvgIpc) is 3.30. The summed E-state index contributed by atoms with van der Waals surface area (Å²) in [6.07, 6.45) is 1.25. The highest BCUT2D eigenvalue weighted by Gasteiger charge is 2.32. The molecule has 1 heterocycles. The van der Waals surface area contributed by atoms with Crippen LogP contribution in [-0.4, -0.2) is 81.5 Å². The summed E-state index contributed by atoms with van der Waals surface area (Å²) in [5.74, 6) is -5.81. The number of fused-ring (bicyclic) bond motifs is 1. The van der Waals surface area contributed by atoms with Gasteiger partial charge < -0.3 is 48.3 Å². The molecule has 3 amide bonds. The molecular formula is C26H38N8O7. The molecule has 0 saturated heterocycles. The number of aromatic nitrogens is 1. The van der Waals surface area contributed by atoms with E-state index in [0.717, 1.165) is 16.5 Å². The van der Waals surface area contributed by atoms with E-state index in [2.05, 4.69) is 25.9 Å². The second kappa shape index (κ2) is 15.2. The predicted molar refractivity (Wildman–Crippen MR) is 150 cm³/mol. The summed E-state index contributed by atoms with van der Waals surface area (Å²) in [7, 11) is 0. The van der Waals surface area contributed by atoms with E-state index in [-0.39, 0.29) is 31.8 Å². The third-order valence-electron chi connectivity index (χ3n) is 6.27. The van der Waals surface area contributed by atoms with Crippen molar-refractivity contribution in [2.45, 2.75) is 63.7 Å². The van der Waals surface area contributed by atoms with E-state index in [1.165, 1.54) is 0 Å². The van der Waals surface area contributed by atoms with Crippen molar-refractivity contribution in [3.63, 3.8) is 0 Å². The second-order valence-corrected chi connectivity index (χ2v) is 9.91. The summed E-state index contributed by atoms with van der Waals surface area (Å²) in [5, 5.41) is 26.9. The summed E-state index contributed by atoms with van der Waals surface area (Å²) < 4.78 is 0. The number of carbonyl (C=O) groups excluding carboxylic acids is 3. The molecule has 12 N–H and O–H groups in total. The Morgan fingerprint density at radius 1 is 0.951 bits per heavy atom. The Balaban J connectivity index is 2.16. The van der Waals surface area contributed by atoms with E-state index in [1.807, 2.05) is 24.3 Å². The van der Waals surface area contributed by atoms with Gasteiger partial charge in [0.1, 0.15) is 18.1 Å². The summed E-state index contributed by atoms with van der Waals surface area (Å²) >= 11 is 0. The Hall–Kier alpha value is -4.66. The minimum Gasteiger partial charge on any atom is -0.481 e. The van der Waals surface area contributed by atoms with Crippen LogP contribution in [0, 0.1) is 5.92 Å². The van der Waals surface area contributed by atoms with E-state index in [0.29, 0.717) is 0 Å². The second-order valence-electron chi connectivity index (χ2n) is 9.91. The van der Waals surface area contributed by atoms with Crippen LogP contribution in [0.4, 0.5) is 0 Å². The van der Waals surface area contributed by atoms with E-state index in [4.69, 9.17) is 17.2 Å². The van der Waals surface area contributed by atoms with Gasteiger partial charge in [-0.3, -0.25) is 24.2 Å². The van der Waals surface area contributed by atoms with E-state index in [9.17, 15) is 34.2 Å². The van der Waals surface area contributed by atoms with Crippen LogP contribution in [0.3, 0.4) is 0 Å². The Morgan fingerprint density at radius 3 is 2.20 bits per heavy atom. The molecule has 1 aromatic carbocycles. The Kier molecular flexibility index (Phi) is 12.1. The average molecular weight is 575 g/mol. The van der Waals surface area contributed by atoms with Crippen LogP contribution in [0.15, 0.2) is 35.5 Å². The van der Waals surface area contributed by atoms with Crippen molar-refractivity contribution in [1.82, 2.24) is 20.9 Å². The predicted octanol–water partition coefficient (Wildman–Crippen LogP) is -1.24. The fourth-order valence-electron chi connectivity index (χ4n) is 4.10. The number of amides is 3. The molecule has 41 heavy (non-hydrogen) atoms. The van der Waals surface area contributed by atoms with Gasteiger partial charge in [-0.2, -0.15) is 0 Å². The van der Waals surface area contributed by atoms with Crippen LogP contribution in [0.5, 0.6) is 0 Å². The number of para-hydroxylation sites is 1. The van der Waals surface area contributed by atoms with Gasteiger partial charge in [-0.05, 0) is 36.8 Å². The van der Waals surface area contributed by atoms with Crippen LogP contribution in [0.2, 0.25) is 0 Å². The first-order chi connectivity index (χ1) is 19.3. The number of aliphatic imine (C=N–C) groups is 1. The van der Waals surface area contributed by atoms with Gasteiger partial charge in [-0.15, -0.1) is 0 Å². The number of nitrogens with two attached hydrogens (primary N) is 3. The number of hydrogen-bond donors (Lipinski definition) is 9. The third kappa shape index (κ3) is 10.1. The quantitative estimate of drug-likeness (QED) is 0.0653. The molecule has 0 spiro atoms. The van der Waals surface area contributed by atoms with Gasteiger partial charge in [0, 0.05) is 23.6 Å². The number of rotatable bonds is 16. The molecule has 0 radical (unpaired) electrons. The molecular weight excluding hydrogens is 536 g/mol. The van der Waals surface area contributed by atoms with Gasteiger partial charge in [0.15, 0.2) is 5.96 Å². The fraction of sp³-hybridized carbons (Fsp3) is 0.462. The monoisotopic (exact) mass is 574 g/mol. The number of aromatic amines is 1. The smallest absolute Gasteiger partial charge is 0.326 e. The Bertz CT molecular complexity index is 1270. The van der Waals surface area contributed by atoms with Crippen molar-refractivity contribution in [3.05, 3.63) is 36.0 Å². The number of guanidine groups is 1. The van der Waals surface area contributed by atoms with Gasteiger partial charge in [-0.25, -0.2) is 4.79 Å². The number of nitrogens with zero attached hydrogens (tertiary/aromatic N) is 1. The summed E-state index contributed by atoms with van der Waals surface area (Å²) in [6, 6.07) is 2.22. The minimum absolute atomic E-state index is 0.00734. The number of carboxylic acids is 2. The molecule has 4 unspecified atom stereocenters. The van der Waals surface area contributed by atoms with Crippen molar-refractivity contribution in [3.8, 4) is 0 Å². The number of hydrogen-bond acceptors (Lipinski definition) is 7.